The lowest BCUT2D eigenvalue weighted by Gasteiger charge is -2.15. The van der Waals surface area contributed by atoms with Crippen LogP contribution in [0.2, 0.25) is 0 Å². The molecule has 0 saturated heterocycles. The minimum Gasteiger partial charge on any atom is -0.457 e. The largest absolute Gasteiger partial charge is 0.457 e. The Kier molecular flexibility index (Phi) is 38.6. The van der Waals surface area contributed by atoms with E-state index in [1.165, 1.54) is 103 Å². The fourth-order valence-corrected chi connectivity index (χ4v) is 5.31. The van der Waals surface area contributed by atoms with Crippen LogP contribution in [0.4, 0.5) is 0 Å². The number of rotatable bonds is 36. The quantitative estimate of drug-likeness (QED) is 0.0414. The first kappa shape index (κ1) is 45.1. The first-order valence-corrected chi connectivity index (χ1v) is 19.9. The minimum atomic E-state index is -0.548. The summed E-state index contributed by atoms with van der Waals surface area (Å²) in [4.78, 5) is 12.2. The summed E-state index contributed by atoms with van der Waals surface area (Å²) in [5.74, 6) is -0.219. The average molecular weight is 657 g/mol. The molecule has 1 atom stereocenters. The molecule has 0 bridgehead atoms. The van der Waals surface area contributed by atoms with E-state index < -0.39 is 6.10 Å². The number of allylic oxidation sites excluding steroid dienone is 10. The van der Waals surface area contributed by atoms with Crippen LogP contribution in [-0.4, -0.2) is 37.0 Å². The Morgan fingerprint density at radius 1 is 0.511 bits per heavy atom. The van der Waals surface area contributed by atoms with E-state index >= 15 is 0 Å². The van der Waals surface area contributed by atoms with Crippen molar-refractivity contribution >= 4 is 5.97 Å². The molecular weight excluding hydrogens is 580 g/mol. The number of carbonyl (C=O) groups is 1. The third-order valence-electron chi connectivity index (χ3n) is 8.30. The Bertz CT molecular complexity index is 779. The number of aliphatic hydroxyl groups is 1. The highest BCUT2D eigenvalue weighted by Gasteiger charge is 2.13. The predicted octanol–water partition coefficient (Wildman–Crippen LogP) is 12.9. The second kappa shape index (κ2) is 40.3. The van der Waals surface area contributed by atoms with Gasteiger partial charge in [-0.2, -0.15) is 0 Å². The van der Waals surface area contributed by atoms with Crippen molar-refractivity contribution in [2.45, 2.75) is 187 Å². The molecule has 0 saturated carbocycles. The summed E-state index contributed by atoms with van der Waals surface area (Å²) in [6, 6.07) is 0. The van der Waals surface area contributed by atoms with Gasteiger partial charge in [-0.3, -0.25) is 4.79 Å². The zero-order valence-electron chi connectivity index (χ0n) is 31.0. The molecular formula is C43H76O4. The van der Waals surface area contributed by atoms with Crippen LogP contribution in [0, 0.1) is 0 Å². The molecule has 0 radical (unpaired) electrons. The first-order chi connectivity index (χ1) is 23.2. The molecule has 0 aliphatic heterocycles. The van der Waals surface area contributed by atoms with Gasteiger partial charge in [0.15, 0.2) is 0 Å². The summed E-state index contributed by atoms with van der Waals surface area (Å²) in [6.45, 7) is 5.23. The lowest BCUT2D eigenvalue weighted by molar-refractivity contribution is -0.154. The van der Waals surface area contributed by atoms with Crippen molar-refractivity contribution in [3.05, 3.63) is 60.8 Å². The van der Waals surface area contributed by atoms with E-state index in [1.807, 2.05) is 0 Å². The Labute approximate surface area is 292 Å². The highest BCUT2D eigenvalue weighted by Crippen LogP contribution is 2.11. The van der Waals surface area contributed by atoms with Gasteiger partial charge in [0, 0.05) is 13.0 Å². The van der Waals surface area contributed by atoms with Gasteiger partial charge in [0.1, 0.15) is 6.10 Å². The number of aliphatic hydroxyl groups excluding tert-OH is 1. The van der Waals surface area contributed by atoms with E-state index in [-0.39, 0.29) is 19.2 Å². The number of hydrogen-bond donors (Lipinski definition) is 1. The van der Waals surface area contributed by atoms with Gasteiger partial charge in [0.05, 0.1) is 13.2 Å². The summed E-state index contributed by atoms with van der Waals surface area (Å²) in [5, 5.41) is 9.57. The van der Waals surface area contributed by atoms with E-state index in [9.17, 15) is 9.90 Å². The zero-order chi connectivity index (χ0) is 34.1. The molecule has 47 heavy (non-hydrogen) atoms. The van der Waals surface area contributed by atoms with E-state index in [4.69, 9.17) is 9.47 Å². The van der Waals surface area contributed by atoms with Crippen LogP contribution in [0.15, 0.2) is 60.8 Å². The van der Waals surface area contributed by atoms with E-state index in [1.54, 1.807) is 0 Å². The van der Waals surface area contributed by atoms with Crippen LogP contribution in [0.3, 0.4) is 0 Å². The minimum absolute atomic E-state index is 0.184. The van der Waals surface area contributed by atoms with Crippen molar-refractivity contribution in [2.24, 2.45) is 0 Å². The maximum Gasteiger partial charge on any atom is 0.306 e. The van der Waals surface area contributed by atoms with E-state index in [0.29, 0.717) is 13.0 Å². The van der Waals surface area contributed by atoms with Crippen molar-refractivity contribution in [1.82, 2.24) is 0 Å². The average Bonchev–Trinajstić information content (AvgIpc) is 3.08. The Hall–Kier alpha value is -1.91. The van der Waals surface area contributed by atoms with Gasteiger partial charge in [-0.15, -0.1) is 0 Å². The summed E-state index contributed by atoms with van der Waals surface area (Å²) >= 11 is 0. The van der Waals surface area contributed by atoms with Crippen LogP contribution in [0.25, 0.3) is 0 Å². The smallest absolute Gasteiger partial charge is 0.306 e. The molecule has 0 aromatic carbocycles. The van der Waals surface area contributed by atoms with Crippen LogP contribution in [0.5, 0.6) is 0 Å². The summed E-state index contributed by atoms with van der Waals surface area (Å²) in [5.41, 5.74) is 0. The number of esters is 1. The van der Waals surface area contributed by atoms with Crippen LogP contribution in [0.1, 0.15) is 181 Å². The molecule has 0 rings (SSSR count). The van der Waals surface area contributed by atoms with E-state index in [2.05, 4.69) is 74.6 Å². The molecule has 1 N–H and O–H groups in total. The number of hydrogen-bond acceptors (Lipinski definition) is 4. The SMILES string of the molecule is CCC/C=C\C/C=C\CCCCCCCCOCC(CO)OC(=O)CCCCCCCC/C=C\C/C=C\C/C=C\CCCCCCC. The highest BCUT2D eigenvalue weighted by molar-refractivity contribution is 5.69. The number of carbonyl (C=O) groups excluding carboxylic acids is 1. The fourth-order valence-electron chi connectivity index (χ4n) is 5.31. The molecule has 0 heterocycles. The first-order valence-electron chi connectivity index (χ1n) is 19.9. The molecule has 0 aromatic heterocycles. The molecule has 0 spiro atoms. The molecule has 0 amide bonds. The molecule has 0 aliphatic rings. The van der Waals surface area contributed by atoms with Crippen molar-refractivity contribution in [2.75, 3.05) is 19.8 Å². The van der Waals surface area contributed by atoms with Crippen LogP contribution >= 0.6 is 0 Å². The topological polar surface area (TPSA) is 55.8 Å². The van der Waals surface area contributed by atoms with E-state index in [0.717, 1.165) is 57.8 Å². The zero-order valence-corrected chi connectivity index (χ0v) is 31.0. The monoisotopic (exact) mass is 657 g/mol. The second-order valence-corrected chi connectivity index (χ2v) is 13.0. The van der Waals surface area contributed by atoms with Crippen molar-refractivity contribution in [3.63, 3.8) is 0 Å². The van der Waals surface area contributed by atoms with Crippen LogP contribution < -0.4 is 0 Å². The third-order valence-corrected chi connectivity index (χ3v) is 8.30. The highest BCUT2D eigenvalue weighted by atomic mass is 16.6. The summed E-state index contributed by atoms with van der Waals surface area (Å²) in [7, 11) is 0. The van der Waals surface area contributed by atoms with Crippen LogP contribution in [-0.2, 0) is 14.3 Å². The molecule has 1 unspecified atom stereocenters. The van der Waals surface area contributed by atoms with Crippen molar-refractivity contribution in [1.29, 1.82) is 0 Å². The molecule has 272 valence electrons. The van der Waals surface area contributed by atoms with Gasteiger partial charge in [0.25, 0.3) is 0 Å². The Morgan fingerprint density at radius 3 is 1.43 bits per heavy atom. The third kappa shape index (κ3) is 38.4. The molecule has 4 heteroatoms. The molecule has 0 fully saturated rings. The van der Waals surface area contributed by atoms with Crippen molar-refractivity contribution < 1.29 is 19.4 Å². The van der Waals surface area contributed by atoms with Gasteiger partial charge in [-0.05, 0) is 77.0 Å². The fraction of sp³-hybridized carbons (Fsp3) is 0.744. The van der Waals surface area contributed by atoms with Crippen molar-refractivity contribution in [3.8, 4) is 0 Å². The molecule has 4 nitrogen and oxygen atoms in total. The summed E-state index contributed by atoms with van der Waals surface area (Å²) in [6.07, 6.45) is 52.6. The van der Waals surface area contributed by atoms with Gasteiger partial charge in [-0.25, -0.2) is 0 Å². The van der Waals surface area contributed by atoms with Gasteiger partial charge in [-0.1, -0.05) is 158 Å². The molecule has 0 aliphatic carbocycles. The normalized spacial score (nSPS) is 13.0. The van der Waals surface area contributed by atoms with Gasteiger partial charge < -0.3 is 14.6 Å². The predicted molar refractivity (Wildman–Crippen MR) is 205 cm³/mol. The second-order valence-electron chi connectivity index (χ2n) is 13.0. The lowest BCUT2D eigenvalue weighted by atomic mass is 10.1. The maximum absolute atomic E-state index is 12.2. The number of unbranched alkanes of at least 4 members (excludes halogenated alkanes) is 18. The van der Waals surface area contributed by atoms with Gasteiger partial charge in [0.2, 0.25) is 0 Å². The Balaban J connectivity index is 3.51. The molecule has 0 aromatic rings. The Morgan fingerprint density at radius 2 is 0.936 bits per heavy atom. The standard InChI is InChI=1S/C43H76O4/c1-3-5-7-9-11-13-15-17-19-20-21-22-23-24-25-26-28-30-32-34-36-38-43(45)47-42(40-44)41-46-39-37-35-33-31-29-27-18-16-14-12-10-8-6-4-2/h8,10,14-17,20-21,23-24,42,44H,3-7,9,11-13,18-19,22,25-41H2,1-2H3/b10-8-,16-14-,17-15-,21-20-,24-23-. The maximum atomic E-state index is 12.2. The number of ether oxygens (including phenoxy) is 2. The van der Waals surface area contributed by atoms with Gasteiger partial charge >= 0.3 is 5.97 Å². The summed E-state index contributed by atoms with van der Waals surface area (Å²) < 4.78 is 11.1. The lowest BCUT2D eigenvalue weighted by Crippen LogP contribution is -2.27.